The van der Waals surface area contributed by atoms with Gasteiger partial charge >= 0.3 is 0 Å². The van der Waals surface area contributed by atoms with Crippen LogP contribution in [0.1, 0.15) is 23.1 Å². The van der Waals surface area contributed by atoms with Gasteiger partial charge < -0.3 is 10.6 Å². The van der Waals surface area contributed by atoms with Gasteiger partial charge in [0.05, 0.1) is 5.69 Å². The predicted molar refractivity (Wildman–Crippen MR) is 119 cm³/mol. The summed E-state index contributed by atoms with van der Waals surface area (Å²) in [6, 6.07) is 19.2. The fraction of sp³-hybridized carbons (Fsp3) is 0.200. The van der Waals surface area contributed by atoms with Crippen molar-refractivity contribution in [3.63, 3.8) is 0 Å². The van der Waals surface area contributed by atoms with Gasteiger partial charge in [0, 0.05) is 24.9 Å². The van der Waals surface area contributed by atoms with Crippen LogP contribution in [-0.4, -0.2) is 35.2 Å². The highest BCUT2D eigenvalue weighted by atomic mass is 15.1. The number of likely N-dealkylation sites (N-methyl/N-ethyl adjacent to an activating group) is 1. The molecule has 2 atom stereocenters. The lowest BCUT2D eigenvalue weighted by Crippen LogP contribution is -2.34. The van der Waals surface area contributed by atoms with Crippen molar-refractivity contribution in [2.75, 3.05) is 25.9 Å². The number of likely N-dealkylation sites (tertiary alicyclic amines) is 1. The Kier molecular flexibility index (Phi) is 4.49. The maximum absolute atomic E-state index is 5.71. The number of piperidine rings is 1. The third-order valence-electron chi connectivity index (χ3n) is 5.88. The third-order valence-corrected chi connectivity index (χ3v) is 5.88. The second-order valence-corrected chi connectivity index (χ2v) is 7.96. The van der Waals surface area contributed by atoms with Gasteiger partial charge in [0.2, 0.25) is 0 Å². The number of nitrogens with two attached hydrogens (primary N) is 1. The van der Waals surface area contributed by atoms with Crippen molar-refractivity contribution in [2.24, 2.45) is 0 Å². The topological polar surface area (TPSA) is 55.0 Å². The first-order valence-corrected chi connectivity index (χ1v) is 10.0. The molecular formula is C25H24N4. The Bertz CT molecular complexity index is 1140. The molecule has 1 fully saturated rings. The van der Waals surface area contributed by atoms with Gasteiger partial charge in [-0.05, 0) is 46.7 Å². The zero-order chi connectivity index (χ0) is 19.8. The standard InChI is InChI=1S/C25H24N4/c1-29-15-21-14-20(24-11-12-25(26)28-27-24)7-4-8-22(21)23(16-29)19-10-9-17-5-2-3-6-18(17)13-19/h2-14,20,23H,15-16H2,1H3,(H2,26,28). The van der Waals surface area contributed by atoms with Crippen molar-refractivity contribution in [3.8, 4) is 0 Å². The number of hydrogen-bond donors (Lipinski definition) is 1. The molecule has 1 aromatic heterocycles. The molecule has 2 aromatic carbocycles. The molecule has 0 amide bonds. The summed E-state index contributed by atoms with van der Waals surface area (Å²) in [6.07, 6.45) is 8.97. The molecule has 2 heterocycles. The molecule has 2 aliphatic rings. The Balaban J connectivity index is 1.53. The first-order valence-electron chi connectivity index (χ1n) is 10.0. The monoisotopic (exact) mass is 380 g/mol. The summed E-state index contributed by atoms with van der Waals surface area (Å²) in [5.41, 5.74) is 10.8. The number of allylic oxidation sites excluding steroid dienone is 4. The van der Waals surface area contributed by atoms with Crippen molar-refractivity contribution < 1.29 is 0 Å². The van der Waals surface area contributed by atoms with E-state index < -0.39 is 0 Å². The maximum Gasteiger partial charge on any atom is 0.146 e. The van der Waals surface area contributed by atoms with E-state index in [4.69, 9.17) is 5.73 Å². The number of anilines is 1. The number of hydrogen-bond acceptors (Lipinski definition) is 4. The minimum Gasteiger partial charge on any atom is -0.382 e. The van der Waals surface area contributed by atoms with Crippen LogP contribution in [0.2, 0.25) is 0 Å². The van der Waals surface area contributed by atoms with Crippen LogP contribution in [0.25, 0.3) is 10.8 Å². The summed E-state index contributed by atoms with van der Waals surface area (Å²) in [5.74, 6) is 0.910. The molecule has 0 bridgehead atoms. The Morgan fingerprint density at radius 2 is 1.86 bits per heavy atom. The molecule has 1 aliphatic heterocycles. The average molecular weight is 380 g/mol. The van der Waals surface area contributed by atoms with Gasteiger partial charge in [-0.1, -0.05) is 66.8 Å². The van der Waals surface area contributed by atoms with Gasteiger partial charge in [0.25, 0.3) is 0 Å². The predicted octanol–water partition coefficient (Wildman–Crippen LogP) is 4.45. The van der Waals surface area contributed by atoms with Crippen molar-refractivity contribution in [2.45, 2.75) is 11.8 Å². The van der Waals surface area contributed by atoms with E-state index in [1.165, 1.54) is 27.5 Å². The minimum atomic E-state index is 0.107. The van der Waals surface area contributed by atoms with Crippen LogP contribution in [0.3, 0.4) is 0 Å². The Morgan fingerprint density at radius 3 is 2.69 bits per heavy atom. The van der Waals surface area contributed by atoms with E-state index in [1.807, 2.05) is 12.1 Å². The lowest BCUT2D eigenvalue weighted by Gasteiger charge is -2.35. The SMILES string of the molecule is CN1CC2=CC(c3ccc(N)nn3)C=CC=C2C(c2ccc3ccccc3c2)C1. The smallest absolute Gasteiger partial charge is 0.146 e. The molecule has 3 aromatic rings. The second kappa shape index (κ2) is 7.30. The lowest BCUT2D eigenvalue weighted by atomic mass is 9.81. The Labute approximate surface area is 171 Å². The van der Waals surface area contributed by atoms with Crippen LogP contribution >= 0.6 is 0 Å². The molecule has 0 spiro atoms. The molecule has 0 radical (unpaired) electrons. The van der Waals surface area contributed by atoms with E-state index in [1.54, 1.807) is 0 Å². The van der Waals surface area contributed by atoms with Gasteiger partial charge in [0.1, 0.15) is 5.82 Å². The zero-order valence-electron chi connectivity index (χ0n) is 16.5. The summed E-state index contributed by atoms with van der Waals surface area (Å²) in [4.78, 5) is 2.40. The summed E-state index contributed by atoms with van der Waals surface area (Å²) >= 11 is 0. The largest absolute Gasteiger partial charge is 0.382 e. The van der Waals surface area contributed by atoms with E-state index in [-0.39, 0.29) is 5.92 Å². The maximum atomic E-state index is 5.71. The molecule has 1 saturated heterocycles. The average Bonchev–Trinajstić information content (AvgIpc) is 2.96. The van der Waals surface area contributed by atoms with E-state index in [2.05, 4.69) is 88.9 Å². The van der Waals surface area contributed by atoms with Crippen LogP contribution in [-0.2, 0) is 0 Å². The van der Waals surface area contributed by atoms with Gasteiger partial charge in [-0.3, -0.25) is 0 Å². The molecule has 4 nitrogen and oxygen atoms in total. The fourth-order valence-corrected chi connectivity index (χ4v) is 4.43. The molecule has 2 unspecified atom stereocenters. The lowest BCUT2D eigenvalue weighted by molar-refractivity contribution is 0.326. The van der Waals surface area contributed by atoms with Crippen LogP contribution in [0.15, 0.2) is 90.0 Å². The molecule has 1 aliphatic carbocycles. The van der Waals surface area contributed by atoms with Gasteiger partial charge in [-0.15, -0.1) is 5.10 Å². The molecule has 4 heteroatoms. The minimum absolute atomic E-state index is 0.107. The highest BCUT2D eigenvalue weighted by molar-refractivity contribution is 5.83. The van der Waals surface area contributed by atoms with Crippen LogP contribution < -0.4 is 5.73 Å². The highest BCUT2D eigenvalue weighted by Crippen LogP contribution is 2.38. The van der Waals surface area contributed by atoms with E-state index >= 15 is 0 Å². The normalized spacial score (nSPS) is 22.0. The van der Waals surface area contributed by atoms with Crippen LogP contribution in [0, 0.1) is 0 Å². The van der Waals surface area contributed by atoms with Crippen molar-refractivity contribution in [3.05, 3.63) is 101 Å². The van der Waals surface area contributed by atoms with E-state index in [0.717, 1.165) is 18.8 Å². The van der Waals surface area contributed by atoms with Crippen molar-refractivity contribution in [1.82, 2.24) is 15.1 Å². The van der Waals surface area contributed by atoms with E-state index in [0.29, 0.717) is 11.7 Å². The number of nitrogen functional groups attached to an aromatic ring is 1. The molecular weight excluding hydrogens is 356 g/mol. The first kappa shape index (κ1) is 17.8. The summed E-state index contributed by atoms with van der Waals surface area (Å²) in [6.45, 7) is 1.96. The number of rotatable bonds is 2. The summed E-state index contributed by atoms with van der Waals surface area (Å²) in [7, 11) is 2.20. The van der Waals surface area contributed by atoms with Gasteiger partial charge in [-0.2, -0.15) is 5.10 Å². The number of aromatic nitrogens is 2. The molecule has 0 saturated carbocycles. The fourth-order valence-electron chi connectivity index (χ4n) is 4.43. The third kappa shape index (κ3) is 3.47. The number of benzene rings is 2. The summed E-state index contributed by atoms with van der Waals surface area (Å²) in [5, 5.41) is 10.9. The van der Waals surface area contributed by atoms with Crippen LogP contribution in [0.5, 0.6) is 0 Å². The Hall–Kier alpha value is -3.24. The zero-order valence-corrected chi connectivity index (χ0v) is 16.5. The second-order valence-electron chi connectivity index (χ2n) is 7.96. The Morgan fingerprint density at radius 1 is 1.00 bits per heavy atom. The summed E-state index contributed by atoms with van der Waals surface area (Å²) < 4.78 is 0. The quantitative estimate of drug-likeness (QED) is 0.714. The molecule has 29 heavy (non-hydrogen) atoms. The van der Waals surface area contributed by atoms with E-state index in [9.17, 15) is 0 Å². The molecule has 144 valence electrons. The van der Waals surface area contributed by atoms with Crippen molar-refractivity contribution >= 4 is 16.6 Å². The number of fused-ring (bicyclic) bond motifs is 2. The van der Waals surface area contributed by atoms with Gasteiger partial charge in [0.15, 0.2) is 0 Å². The molecule has 5 rings (SSSR count). The highest BCUT2D eigenvalue weighted by Gasteiger charge is 2.28. The van der Waals surface area contributed by atoms with Gasteiger partial charge in [-0.25, -0.2) is 0 Å². The van der Waals surface area contributed by atoms with Crippen LogP contribution in [0.4, 0.5) is 5.82 Å². The molecule has 2 N–H and O–H groups in total. The van der Waals surface area contributed by atoms with Crippen molar-refractivity contribution in [1.29, 1.82) is 0 Å². The number of nitrogens with zero attached hydrogens (tertiary/aromatic N) is 3. The first-order chi connectivity index (χ1) is 14.2.